The molecule has 0 saturated carbocycles. The average Bonchev–Trinajstić information content (AvgIpc) is 3.23. The van der Waals surface area contributed by atoms with E-state index in [9.17, 15) is 4.79 Å². The number of rotatable bonds is 48. The van der Waals surface area contributed by atoms with E-state index in [0.717, 1.165) is 13.0 Å². The van der Waals surface area contributed by atoms with E-state index in [0.29, 0.717) is 131 Å². The summed E-state index contributed by atoms with van der Waals surface area (Å²) in [6.07, 6.45) is 22.1. The fourth-order valence-corrected chi connectivity index (χ4v) is 5.68. The number of ether oxygens (including phenoxy) is 11. The number of hydrogen-bond acceptors (Lipinski definition) is 12. The lowest BCUT2D eigenvalue weighted by atomic mass is 10.0. The molecule has 0 bridgehead atoms. The first-order valence-corrected chi connectivity index (χ1v) is 22.3. The minimum Gasteiger partial charge on any atom is -0.460 e. The summed E-state index contributed by atoms with van der Waals surface area (Å²) in [7, 11) is 0. The predicted octanol–water partition coefficient (Wildman–Crippen LogP) is 8.27. The van der Waals surface area contributed by atoms with E-state index < -0.39 is 0 Å². The molecule has 0 radical (unpaired) electrons. The number of hydrogen-bond donors (Lipinski definition) is 0. The summed E-state index contributed by atoms with van der Waals surface area (Å²) in [4.78, 5) is 11.8. The second-order valence-corrected chi connectivity index (χ2v) is 13.9. The van der Waals surface area contributed by atoms with Gasteiger partial charge < -0.3 is 52.1 Å². The Bertz CT molecular complexity index is 910. The summed E-state index contributed by atoms with van der Waals surface area (Å²) in [6.45, 7) is 13.0. The van der Waals surface area contributed by atoms with Crippen molar-refractivity contribution >= 4 is 5.97 Å². The largest absolute Gasteiger partial charge is 0.460 e. The van der Waals surface area contributed by atoms with E-state index in [1.54, 1.807) is 24.3 Å². The third-order valence-electron chi connectivity index (χ3n) is 8.96. The summed E-state index contributed by atoms with van der Waals surface area (Å²) >= 11 is 0. The normalized spacial score (nSPS) is 11.5. The Morgan fingerprint density at radius 1 is 0.316 bits per heavy atom. The smallest absolute Gasteiger partial charge is 0.338 e. The van der Waals surface area contributed by atoms with Crippen LogP contribution in [-0.4, -0.2) is 145 Å². The van der Waals surface area contributed by atoms with Gasteiger partial charge in [0.15, 0.2) is 0 Å². The van der Waals surface area contributed by atoms with Crippen molar-refractivity contribution in [1.82, 2.24) is 0 Å². The van der Waals surface area contributed by atoms with E-state index in [1.165, 1.54) is 96.3 Å². The van der Waals surface area contributed by atoms with Gasteiger partial charge in [-0.25, -0.2) is 4.79 Å². The molecule has 1 aromatic carbocycles. The lowest BCUT2D eigenvalue weighted by Crippen LogP contribution is -2.15. The van der Waals surface area contributed by atoms with Crippen LogP contribution in [0.3, 0.4) is 0 Å². The van der Waals surface area contributed by atoms with Crippen LogP contribution in [0.2, 0.25) is 0 Å². The Hall–Kier alpha value is -1.71. The third-order valence-corrected chi connectivity index (χ3v) is 8.96. The van der Waals surface area contributed by atoms with Crippen molar-refractivity contribution in [3.8, 4) is 0 Å². The van der Waals surface area contributed by atoms with Gasteiger partial charge in [-0.15, -0.1) is 0 Å². The standard InChI is InChI=1S/C45H82O12/c1-2-3-4-5-6-7-8-9-10-11-12-13-14-15-16-20-23-47-24-25-48-26-27-49-28-29-50-30-31-51-32-33-52-34-35-53-36-37-54-38-39-55-40-41-56-42-43-57-45(46)44-21-18-17-19-22-44/h17-19,21-22H,2-16,20,23-43H2,1H3. The van der Waals surface area contributed by atoms with Crippen LogP contribution in [0.4, 0.5) is 0 Å². The van der Waals surface area contributed by atoms with E-state index in [2.05, 4.69) is 6.92 Å². The molecule has 0 saturated heterocycles. The van der Waals surface area contributed by atoms with Crippen LogP contribution in [0, 0.1) is 0 Å². The topological polar surface area (TPSA) is 119 Å². The van der Waals surface area contributed by atoms with Crippen molar-refractivity contribution in [2.45, 2.75) is 110 Å². The van der Waals surface area contributed by atoms with Crippen LogP contribution >= 0.6 is 0 Å². The molecule has 0 heterocycles. The highest BCUT2D eigenvalue weighted by molar-refractivity contribution is 5.89. The molecule has 0 aliphatic carbocycles. The van der Waals surface area contributed by atoms with E-state index in [1.807, 2.05) is 6.07 Å². The molecule has 57 heavy (non-hydrogen) atoms. The fraction of sp³-hybridized carbons (Fsp3) is 0.844. The minimum atomic E-state index is -0.353. The molecule has 0 spiro atoms. The van der Waals surface area contributed by atoms with Gasteiger partial charge in [0, 0.05) is 6.61 Å². The Balaban J connectivity index is 1.61. The van der Waals surface area contributed by atoms with Crippen molar-refractivity contribution in [2.75, 3.05) is 139 Å². The summed E-state index contributed by atoms with van der Waals surface area (Å²) < 4.78 is 60.4. The van der Waals surface area contributed by atoms with Gasteiger partial charge in [-0.1, -0.05) is 121 Å². The monoisotopic (exact) mass is 815 g/mol. The van der Waals surface area contributed by atoms with Gasteiger partial charge in [0.1, 0.15) is 6.61 Å². The summed E-state index contributed by atoms with van der Waals surface area (Å²) in [5.41, 5.74) is 0.529. The zero-order valence-corrected chi connectivity index (χ0v) is 35.9. The van der Waals surface area contributed by atoms with Crippen LogP contribution in [-0.2, 0) is 52.1 Å². The molecule has 334 valence electrons. The molecule has 0 amide bonds. The molecule has 1 rings (SSSR count). The molecule has 12 nitrogen and oxygen atoms in total. The van der Waals surface area contributed by atoms with Crippen molar-refractivity contribution in [2.24, 2.45) is 0 Å². The maximum absolute atomic E-state index is 11.8. The van der Waals surface area contributed by atoms with E-state index >= 15 is 0 Å². The first-order valence-electron chi connectivity index (χ1n) is 22.3. The maximum atomic E-state index is 11.8. The number of unbranched alkanes of at least 4 members (excludes halogenated alkanes) is 15. The second-order valence-electron chi connectivity index (χ2n) is 13.9. The van der Waals surface area contributed by atoms with Crippen molar-refractivity contribution < 1.29 is 56.9 Å². The van der Waals surface area contributed by atoms with Gasteiger partial charge in [-0.05, 0) is 18.6 Å². The first-order chi connectivity index (χ1) is 28.3. The molecule has 0 N–H and O–H groups in total. The third kappa shape index (κ3) is 42.2. The zero-order chi connectivity index (χ0) is 40.6. The van der Waals surface area contributed by atoms with E-state index in [4.69, 9.17) is 52.1 Å². The Kier molecular flexibility index (Phi) is 43.9. The molecule has 0 fully saturated rings. The van der Waals surface area contributed by atoms with Gasteiger partial charge in [-0.2, -0.15) is 0 Å². The van der Waals surface area contributed by atoms with Crippen molar-refractivity contribution in [3.05, 3.63) is 35.9 Å². The number of carbonyl (C=O) groups excluding carboxylic acids is 1. The molecular formula is C45H82O12. The Morgan fingerprint density at radius 2 is 0.561 bits per heavy atom. The van der Waals surface area contributed by atoms with Crippen LogP contribution in [0.25, 0.3) is 0 Å². The van der Waals surface area contributed by atoms with Gasteiger partial charge in [0.05, 0.1) is 131 Å². The van der Waals surface area contributed by atoms with Crippen LogP contribution in [0.15, 0.2) is 30.3 Å². The van der Waals surface area contributed by atoms with E-state index in [-0.39, 0.29) is 12.6 Å². The molecule has 0 atom stereocenters. The van der Waals surface area contributed by atoms with Gasteiger partial charge in [-0.3, -0.25) is 0 Å². The SMILES string of the molecule is CCCCCCCCCCCCCCCCCCOCCOCCOCCOCCOCCOCCOCCOCCOCCOCCOC(=O)c1ccccc1. The fourth-order valence-electron chi connectivity index (χ4n) is 5.68. The van der Waals surface area contributed by atoms with Crippen molar-refractivity contribution in [3.63, 3.8) is 0 Å². The lowest BCUT2D eigenvalue weighted by molar-refractivity contribution is -0.0271. The Labute approximate surface area is 346 Å². The van der Waals surface area contributed by atoms with Crippen molar-refractivity contribution in [1.29, 1.82) is 0 Å². The van der Waals surface area contributed by atoms with Crippen LogP contribution in [0.5, 0.6) is 0 Å². The molecule has 0 unspecified atom stereocenters. The highest BCUT2D eigenvalue weighted by atomic mass is 16.6. The highest BCUT2D eigenvalue weighted by Gasteiger charge is 2.05. The molecule has 0 aromatic heterocycles. The second kappa shape index (κ2) is 47.0. The summed E-state index contributed by atoms with van der Waals surface area (Å²) in [5.74, 6) is -0.353. The number of esters is 1. The predicted molar refractivity (Wildman–Crippen MR) is 224 cm³/mol. The molecule has 1 aromatic rings. The Morgan fingerprint density at radius 3 is 0.860 bits per heavy atom. The lowest BCUT2D eigenvalue weighted by Gasteiger charge is -2.09. The maximum Gasteiger partial charge on any atom is 0.338 e. The summed E-state index contributed by atoms with van der Waals surface area (Å²) in [5, 5.41) is 0. The average molecular weight is 815 g/mol. The zero-order valence-electron chi connectivity index (χ0n) is 35.9. The molecular weight excluding hydrogens is 732 g/mol. The molecule has 12 heteroatoms. The number of benzene rings is 1. The van der Waals surface area contributed by atoms with Gasteiger partial charge in [0.2, 0.25) is 0 Å². The minimum absolute atomic E-state index is 0.205. The molecule has 0 aliphatic heterocycles. The van der Waals surface area contributed by atoms with Crippen LogP contribution in [0.1, 0.15) is 120 Å². The van der Waals surface area contributed by atoms with Crippen LogP contribution < -0.4 is 0 Å². The van der Waals surface area contributed by atoms with Gasteiger partial charge in [0.25, 0.3) is 0 Å². The van der Waals surface area contributed by atoms with Gasteiger partial charge >= 0.3 is 5.97 Å². The molecule has 0 aliphatic rings. The first kappa shape index (κ1) is 53.3. The quantitative estimate of drug-likeness (QED) is 0.0466. The summed E-state index contributed by atoms with van der Waals surface area (Å²) in [6, 6.07) is 8.87. The highest BCUT2D eigenvalue weighted by Crippen LogP contribution is 2.13. The number of carbonyl (C=O) groups is 1.